The van der Waals surface area contributed by atoms with Gasteiger partial charge in [0.25, 0.3) is 0 Å². The van der Waals surface area contributed by atoms with Gasteiger partial charge < -0.3 is 20.1 Å². The molecule has 26 heavy (non-hydrogen) atoms. The van der Waals surface area contributed by atoms with Crippen molar-refractivity contribution in [3.8, 4) is 6.07 Å². The molecule has 0 saturated carbocycles. The molecular formula is C19H18N6O. The number of rotatable bonds is 2. The van der Waals surface area contributed by atoms with Gasteiger partial charge in [0.2, 0.25) is 0 Å². The SMILES string of the molecule is N#Cc1cccnc1N1CCN(C(=O)Nc2cccc3[nH]ccc23)CC1. The highest BCUT2D eigenvalue weighted by Crippen LogP contribution is 2.23. The number of nitrogens with zero attached hydrogens (tertiary/aromatic N) is 4. The molecule has 1 aromatic carbocycles. The highest BCUT2D eigenvalue weighted by molar-refractivity contribution is 6.00. The Morgan fingerprint density at radius 2 is 2.00 bits per heavy atom. The van der Waals surface area contributed by atoms with Gasteiger partial charge in [-0.15, -0.1) is 0 Å². The zero-order valence-corrected chi connectivity index (χ0v) is 14.1. The summed E-state index contributed by atoms with van der Waals surface area (Å²) in [5, 5.41) is 13.2. The van der Waals surface area contributed by atoms with E-state index in [1.54, 1.807) is 23.2 Å². The fraction of sp³-hybridized carbons (Fsp3) is 0.211. The molecule has 0 radical (unpaired) electrons. The number of nitriles is 1. The van der Waals surface area contributed by atoms with Gasteiger partial charge in [-0.1, -0.05) is 6.07 Å². The lowest BCUT2D eigenvalue weighted by atomic mass is 10.2. The molecule has 3 aromatic rings. The number of aromatic amines is 1. The normalized spacial score (nSPS) is 14.3. The number of carbonyl (C=O) groups is 1. The monoisotopic (exact) mass is 346 g/mol. The summed E-state index contributed by atoms with van der Waals surface area (Å²) in [6.45, 7) is 2.45. The third-order valence-electron chi connectivity index (χ3n) is 4.61. The van der Waals surface area contributed by atoms with E-state index in [2.05, 4.69) is 26.3 Å². The molecule has 7 heteroatoms. The van der Waals surface area contributed by atoms with E-state index in [-0.39, 0.29) is 6.03 Å². The van der Waals surface area contributed by atoms with Gasteiger partial charge in [-0.05, 0) is 30.3 Å². The van der Waals surface area contributed by atoms with Crippen LogP contribution in [0.3, 0.4) is 0 Å². The molecule has 1 saturated heterocycles. The molecule has 2 amide bonds. The standard InChI is InChI=1S/C19H18N6O/c20-13-14-3-2-7-22-18(14)24-9-11-25(12-10-24)19(26)23-17-5-1-4-16-15(17)6-8-21-16/h1-8,21H,9-12H2,(H,23,26). The Bertz CT molecular complexity index is 981. The van der Waals surface area contributed by atoms with Crippen LogP contribution in [0.2, 0.25) is 0 Å². The summed E-state index contributed by atoms with van der Waals surface area (Å²) in [6.07, 6.45) is 3.55. The van der Waals surface area contributed by atoms with Gasteiger partial charge in [0.05, 0.1) is 11.3 Å². The van der Waals surface area contributed by atoms with Crippen LogP contribution in [-0.2, 0) is 0 Å². The number of hydrogen-bond acceptors (Lipinski definition) is 4. The van der Waals surface area contributed by atoms with Crippen molar-refractivity contribution in [1.82, 2.24) is 14.9 Å². The number of H-pyrrole nitrogens is 1. The van der Waals surface area contributed by atoms with Crippen molar-refractivity contribution < 1.29 is 4.79 Å². The summed E-state index contributed by atoms with van der Waals surface area (Å²) in [6, 6.07) is 13.3. The molecule has 0 spiro atoms. The molecular weight excluding hydrogens is 328 g/mol. The Balaban J connectivity index is 1.42. The average Bonchev–Trinajstić information content (AvgIpc) is 3.18. The van der Waals surface area contributed by atoms with E-state index in [1.807, 2.05) is 30.5 Å². The second-order valence-corrected chi connectivity index (χ2v) is 6.14. The molecule has 2 N–H and O–H groups in total. The second kappa shape index (κ2) is 6.76. The first-order valence-corrected chi connectivity index (χ1v) is 8.48. The van der Waals surface area contributed by atoms with Crippen LogP contribution in [0.15, 0.2) is 48.8 Å². The zero-order valence-electron chi connectivity index (χ0n) is 14.1. The number of benzene rings is 1. The molecule has 1 fully saturated rings. The summed E-state index contributed by atoms with van der Waals surface area (Å²) >= 11 is 0. The maximum Gasteiger partial charge on any atom is 0.321 e. The number of hydrogen-bond donors (Lipinski definition) is 2. The van der Waals surface area contributed by atoms with Crippen molar-refractivity contribution in [3.05, 3.63) is 54.4 Å². The number of aromatic nitrogens is 2. The van der Waals surface area contributed by atoms with Crippen molar-refractivity contribution >= 4 is 28.4 Å². The van der Waals surface area contributed by atoms with Crippen molar-refractivity contribution in [2.75, 3.05) is 36.4 Å². The number of fused-ring (bicyclic) bond motifs is 1. The Hall–Kier alpha value is -3.53. The van der Waals surface area contributed by atoms with E-state index < -0.39 is 0 Å². The quantitative estimate of drug-likeness (QED) is 0.747. The number of amides is 2. The number of anilines is 2. The fourth-order valence-electron chi connectivity index (χ4n) is 3.25. The van der Waals surface area contributed by atoms with E-state index in [0.29, 0.717) is 37.6 Å². The Labute approximate surface area is 150 Å². The largest absolute Gasteiger partial charge is 0.361 e. The van der Waals surface area contributed by atoms with Crippen LogP contribution >= 0.6 is 0 Å². The van der Waals surface area contributed by atoms with Gasteiger partial charge in [-0.3, -0.25) is 0 Å². The minimum absolute atomic E-state index is 0.111. The van der Waals surface area contributed by atoms with E-state index in [9.17, 15) is 10.1 Å². The van der Waals surface area contributed by atoms with Gasteiger partial charge in [0.1, 0.15) is 11.9 Å². The molecule has 4 rings (SSSR count). The number of urea groups is 1. The van der Waals surface area contributed by atoms with Gasteiger partial charge in [-0.25, -0.2) is 9.78 Å². The third kappa shape index (κ3) is 2.93. The van der Waals surface area contributed by atoms with Crippen LogP contribution in [0.1, 0.15) is 5.56 Å². The van der Waals surface area contributed by atoms with Crippen LogP contribution in [0, 0.1) is 11.3 Å². The topological polar surface area (TPSA) is 88.1 Å². The molecule has 130 valence electrons. The van der Waals surface area contributed by atoms with Crippen molar-refractivity contribution in [2.24, 2.45) is 0 Å². The van der Waals surface area contributed by atoms with E-state index in [1.165, 1.54) is 0 Å². The third-order valence-corrected chi connectivity index (χ3v) is 4.61. The molecule has 7 nitrogen and oxygen atoms in total. The van der Waals surface area contributed by atoms with E-state index in [4.69, 9.17) is 0 Å². The first kappa shape index (κ1) is 16.0. The molecule has 3 heterocycles. The number of carbonyl (C=O) groups excluding carboxylic acids is 1. The summed E-state index contributed by atoms with van der Waals surface area (Å²) in [5.41, 5.74) is 2.35. The van der Waals surface area contributed by atoms with Crippen LogP contribution in [0.5, 0.6) is 0 Å². The predicted octanol–water partition coefficient (Wildman–Crippen LogP) is 2.79. The molecule has 1 aliphatic rings. The van der Waals surface area contributed by atoms with Crippen LogP contribution in [-0.4, -0.2) is 47.1 Å². The van der Waals surface area contributed by atoms with Gasteiger partial charge >= 0.3 is 6.03 Å². The summed E-state index contributed by atoms with van der Waals surface area (Å²) in [7, 11) is 0. The minimum Gasteiger partial charge on any atom is -0.361 e. The van der Waals surface area contributed by atoms with Gasteiger partial charge in [0, 0.05) is 49.5 Å². The van der Waals surface area contributed by atoms with E-state index in [0.717, 1.165) is 16.6 Å². The lowest BCUT2D eigenvalue weighted by Crippen LogP contribution is -2.50. The zero-order chi connectivity index (χ0) is 17.9. The summed E-state index contributed by atoms with van der Waals surface area (Å²) in [4.78, 5) is 23.9. The molecule has 0 atom stereocenters. The maximum atomic E-state index is 12.6. The average molecular weight is 346 g/mol. The molecule has 0 bridgehead atoms. The number of pyridine rings is 1. The maximum absolute atomic E-state index is 12.6. The smallest absolute Gasteiger partial charge is 0.321 e. The van der Waals surface area contributed by atoms with Gasteiger partial charge in [-0.2, -0.15) is 5.26 Å². The van der Waals surface area contributed by atoms with Crippen LogP contribution in [0.4, 0.5) is 16.3 Å². The van der Waals surface area contributed by atoms with Crippen molar-refractivity contribution in [3.63, 3.8) is 0 Å². The second-order valence-electron chi connectivity index (χ2n) is 6.14. The molecule has 0 unspecified atom stereocenters. The minimum atomic E-state index is -0.111. The first-order valence-electron chi connectivity index (χ1n) is 8.48. The lowest BCUT2D eigenvalue weighted by Gasteiger charge is -2.35. The summed E-state index contributed by atoms with van der Waals surface area (Å²) < 4.78 is 0. The number of piperazine rings is 1. The molecule has 0 aliphatic carbocycles. The highest BCUT2D eigenvalue weighted by atomic mass is 16.2. The lowest BCUT2D eigenvalue weighted by molar-refractivity contribution is 0.208. The van der Waals surface area contributed by atoms with Gasteiger partial charge in [0.15, 0.2) is 0 Å². The Kier molecular flexibility index (Phi) is 4.15. The molecule has 2 aromatic heterocycles. The fourth-order valence-corrected chi connectivity index (χ4v) is 3.25. The van der Waals surface area contributed by atoms with Crippen LogP contribution in [0.25, 0.3) is 10.9 Å². The van der Waals surface area contributed by atoms with Crippen molar-refractivity contribution in [2.45, 2.75) is 0 Å². The molecule has 1 aliphatic heterocycles. The first-order chi connectivity index (χ1) is 12.8. The predicted molar refractivity (Wildman–Crippen MR) is 100 cm³/mol. The van der Waals surface area contributed by atoms with Crippen molar-refractivity contribution in [1.29, 1.82) is 5.26 Å². The number of nitrogens with one attached hydrogen (secondary N) is 2. The van der Waals surface area contributed by atoms with Crippen LogP contribution < -0.4 is 10.2 Å². The van der Waals surface area contributed by atoms with E-state index >= 15 is 0 Å². The summed E-state index contributed by atoms with van der Waals surface area (Å²) in [5.74, 6) is 0.687. The highest BCUT2D eigenvalue weighted by Gasteiger charge is 2.23. The Morgan fingerprint density at radius 1 is 1.15 bits per heavy atom. The Morgan fingerprint density at radius 3 is 2.81 bits per heavy atom.